The average Bonchev–Trinajstić information content (AvgIpc) is 3.46. The summed E-state index contributed by atoms with van der Waals surface area (Å²) in [5, 5.41) is 3.16. The minimum atomic E-state index is -4.73. The lowest BCUT2D eigenvalue weighted by atomic mass is 10.0. The highest BCUT2D eigenvalue weighted by atomic mass is 19.4. The first kappa shape index (κ1) is 29.1. The Morgan fingerprint density at radius 3 is 2.45 bits per heavy atom. The second-order valence-electron chi connectivity index (χ2n) is 10.2. The minimum Gasteiger partial charge on any atom is -0.481 e. The minimum absolute atomic E-state index is 0.0785. The van der Waals surface area contributed by atoms with E-state index >= 15 is 4.39 Å². The lowest BCUT2D eigenvalue weighted by molar-refractivity contribution is -0.139. The average molecular weight is 607 g/mol. The van der Waals surface area contributed by atoms with Gasteiger partial charge in [-0.2, -0.15) is 13.2 Å². The number of methoxy groups -OCH3 is 1. The Labute approximate surface area is 248 Å². The maximum absolute atomic E-state index is 15.1. The molecule has 1 aromatic carbocycles. The third-order valence-electron chi connectivity index (χ3n) is 7.24. The lowest BCUT2D eigenvalue weighted by Gasteiger charge is -2.27. The molecule has 6 rings (SSSR count). The first-order valence-corrected chi connectivity index (χ1v) is 13.7. The van der Waals surface area contributed by atoms with Gasteiger partial charge in [0.1, 0.15) is 22.8 Å². The van der Waals surface area contributed by atoms with Crippen molar-refractivity contribution in [3.05, 3.63) is 84.1 Å². The van der Waals surface area contributed by atoms with Crippen LogP contribution in [-0.2, 0) is 22.1 Å². The highest BCUT2D eigenvalue weighted by Crippen LogP contribution is 2.36. The zero-order valence-corrected chi connectivity index (χ0v) is 23.4. The third-order valence-corrected chi connectivity index (χ3v) is 7.24. The summed E-state index contributed by atoms with van der Waals surface area (Å²) in [4.78, 5) is 30.7. The van der Waals surface area contributed by atoms with Gasteiger partial charge in [-0.3, -0.25) is 4.79 Å². The van der Waals surface area contributed by atoms with Gasteiger partial charge in [-0.05, 0) is 47.5 Å². The van der Waals surface area contributed by atoms with Crippen LogP contribution in [0.3, 0.4) is 0 Å². The van der Waals surface area contributed by atoms with Crippen LogP contribution in [0.4, 0.5) is 29.1 Å². The van der Waals surface area contributed by atoms with Crippen LogP contribution in [0, 0.1) is 5.82 Å². The van der Waals surface area contributed by atoms with Gasteiger partial charge < -0.3 is 24.7 Å². The van der Waals surface area contributed by atoms with Crippen LogP contribution in [0.15, 0.2) is 67.1 Å². The molecule has 44 heavy (non-hydrogen) atoms. The molecule has 1 aliphatic heterocycles. The summed E-state index contributed by atoms with van der Waals surface area (Å²) in [6.07, 6.45) is -0.652. The summed E-state index contributed by atoms with van der Waals surface area (Å²) >= 11 is 0. The second-order valence-corrected chi connectivity index (χ2v) is 10.2. The standard InChI is InChI=1S/C31H26F4N6O3/c1-43-30-24(31(33,34)35)14-23(17-38-30)39-28(42)13-19-3-2-18(11-25(19)32)22-10-21-12-26(40-29(21)37-16-22)20-4-5-27(36-15-20)41-6-8-44-9-7-41/h2-5,10-12,14-17H,6-9,13H2,1H3,(H,37,40)(H,39,42). The van der Waals surface area contributed by atoms with Crippen molar-refractivity contribution in [2.75, 3.05) is 43.6 Å². The molecular formula is C31H26F4N6O3. The van der Waals surface area contributed by atoms with E-state index in [0.29, 0.717) is 30.0 Å². The van der Waals surface area contributed by atoms with Crippen molar-refractivity contribution in [1.82, 2.24) is 19.9 Å². The first-order chi connectivity index (χ1) is 21.2. The molecule has 1 amide bonds. The van der Waals surface area contributed by atoms with Gasteiger partial charge in [0, 0.05) is 47.7 Å². The number of ether oxygens (including phenoxy) is 2. The maximum Gasteiger partial charge on any atom is 0.421 e. The summed E-state index contributed by atoms with van der Waals surface area (Å²) in [6, 6.07) is 12.9. The van der Waals surface area contributed by atoms with E-state index in [1.807, 2.05) is 24.3 Å². The van der Waals surface area contributed by atoms with E-state index in [-0.39, 0.29) is 11.3 Å². The molecule has 226 valence electrons. The van der Waals surface area contributed by atoms with E-state index in [0.717, 1.165) is 54.9 Å². The highest BCUT2D eigenvalue weighted by Gasteiger charge is 2.35. The molecule has 0 saturated carbocycles. The van der Waals surface area contributed by atoms with Crippen molar-refractivity contribution >= 4 is 28.4 Å². The quantitative estimate of drug-likeness (QED) is 0.223. The number of morpholine rings is 1. The summed E-state index contributed by atoms with van der Waals surface area (Å²) in [7, 11) is 1.07. The van der Waals surface area contributed by atoms with Crippen molar-refractivity contribution in [3.63, 3.8) is 0 Å². The predicted octanol–water partition coefficient (Wildman–Crippen LogP) is 5.87. The van der Waals surface area contributed by atoms with Crippen LogP contribution in [0.5, 0.6) is 5.88 Å². The number of alkyl halides is 3. The van der Waals surface area contributed by atoms with Gasteiger partial charge in [0.05, 0.1) is 38.6 Å². The van der Waals surface area contributed by atoms with Gasteiger partial charge in [0.2, 0.25) is 11.8 Å². The Kier molecular flexibility index (Phi) is 7.87. The lowest BCUT2D eigenvalue weighted by Crippen LogP contribution is -2.36. The number of nitrogens with zero attached hydrogens (tertiary/aromatic N) is 4. The van der Waals surface area contributed by atoms with Crippen LogP contribution < -0.4 is 15.0 Å². The van der Waals surface area contributed by atoms with Crippen molar-refractivity contribution in [1.29, 1.82) is 0 Å². The van der Waals surface area contributed by atoms with Gasteiger partial charge in [-0.25, -0.2) is 19.3 Å². The molecule has 2 N–H and O–H groups in total. The molecule has 5 heterocycles. The molecule has 1 aliphatic rings. The molecule has 0 bridgehead atoms. The number of amides is 1. The van der Waals surface area contributed by atoms with E-state index in [2.05, 4.69) is 34.9 Å². The number of hydrogen-bond acceptors (Lipinski definition) is 7. The number of carbonyl (C=O) groups excluding carboxylic acids is 1. The smallest absolute Gasteiger partial charge is 0.421 e. The van der Waals surface area contributed by atoms with Gasteiger partial charge in [-0.15, -0.1) is 0 Å². The van der Waals surface area contributed by atoms with E-state index in [9.17, 15) is 18.0 Å². The number of fused-ring (bicyclic) bond motifs is 1. The number of nitrogens with one attached hydrogen (secondary N) is 2. The number of halogens is 4. The fourth-order valence-corrected chi connectivity index (χ4v) is 4.99. The van der Waals surface area contributed by atoms with E-state index in [1.54, 1.807) is 18.5 Å². The topological polar surface area (TPSA) is 105 Å². The molecule has 1 saturated heterocycles. The molecular weight excluding hydrogens is 580 g/mol. The van der Waals surface area contributed by atoms with E-state index in [4.69, 9.17) is 4.74 Å². The van der Waals surface area contributed by atoms with Crippen LogP contribution in [0.25, 0.3) is 33.4 Å². The number of aromatic nitrogens is 4. The van der Waals surface area contributed by atoms with Gasteiger partial charge in [0.15, 0.2) is 0 Å². The molecule has 0 radical (unpaired) electrons. The molecule has 13 heteroatoms. The summed E-state index contributed by atoms with van der Waals surface area (Å²) in [5.41, 5.74) is 2.38. The van der Waals surface area contributed by atoms with Crippen LogP contribution >= 0.6 is 0 Å². The van der Waals surface area contributed by atoms with Crippen LogP contribution in [0.2, 0.25) is 0 Å². The number of benzene rings is 1. The fraction of sp³-hybridized carbons (Fsp3) is 0.226. The number of carbonyl (C=O) groups is 1. The number of pyridine rings is 3. The van der Waals surface area contributed by atoms with Crippen molar-refractivity contribution in [3.8, 4) is 28.3 Å². The van der Waals surface area contributed by atoms with Gasteiger partial charge in [0.25, 0.3) is 0 Å². The maximum atomic E-state index is 15.1. The molecule has 0 atom stereocenters. The molecule has 5 aromatic rings. The van der Waals surface area contributed by atoms with Crippen molar-refractivity contribution in [2.45, 2.75) is 12.6 Å². The zero-order valence-electron chi connectivity index (χ0n) is 23.4. The molecule has 0 unspecified atom stereocenters. The van der Waals surface area contributed by atoms with Crippen LogP contribution in [0.1, 0.15) is 11.1 Å². The van der Waals surface area contributed by atoms with Gasteiger partial charge >= 0.3 is 6.18 Å². The predicted molar refractivity (Wildman–Crippen MR) is 156 cm³/mol. The van der Waals surface area contributed by atoms with Crippen molar-refractivity contribution in [2.24, 2.45) is 0 Å². The third kappa shape index (κ3) is 6.18. The number of rotatable bonds is 7. The Morgan fingerprint density at radius 2 is 1.75 bits per heavy atom. The Hall–Kier alpha value is -5.04. The summed E-state index contributed by atoms with van der Waals surface area (Å²) in [6.45, 7) is 2.96. The molecule has 0 aliphatic carbocycles. The largest absolute Gasteiger partial charge is 0.481 e. The molecule has 1 fully saturated rings. The molecule has 9 nitrogen and oxygen atoms in total. The number of aromatic amines is 1. The summed E-state index contributed by atoms with van der Waals surface area (Å²) in [5.74, 6) is -1.06. The SMILES string of the molecule is COc1ncc(NC(=O)Cc2ccc(-c3cnc4[nH]c(-c5ccc(N6CCOCC6)nc5)cc4c3)cc2F)cc1C(F)(F)F. The first-order valence-electron chi connectivity index (χ1n) is 13.7. The Morgan fingerprint density at radius 1 is 0.977 bits per heavy atom. The fourth-order valence-electron chi connectivity index (χ4n) is 4.99. The van der Waals surface area contributed by atoms with E-state index < -0.39 is 35.8 Å². The van der Waals surface area contributed by atoms with Crippen LogP contribution in [-0.4, -0.2) is 59.3 Å². The Balaban J connectivity index is 1.15. The molecule has 0 spiro atoms. The Bertz CT molecular complexity index is 1820. The van der Waals surface area contributed by atoms with E-state index in [1.165, 1.54) is 12.1 Å². The second kappa shape index (κ2) is 11.9. The van der Waals surface area contributed by atoms with Gasteiger partial charge in [-0.1, -0.05) is 12.1 Å². The number of anilines is 2. The molecule has 4 aromatic heterocycles. The summed E-state index contributed by atoms with van der Waals surface area (Å²) < 4.78 is 64.9. The highest BCUT2D eigenvalue weighted by molar-refractivity contribution is 5.92. The van der Waals surface area contributed by atoms with Crippen molar-refractivity contribution < 1.29 is 31.8 Å². The normalized spacial score (nSPS) is 13.7. The number of hydrogen-bond donors (Lipinski definition) is 2. The zero-order chi connectivity index (χ0) is 30.8. The monoisotopic (exact) mass is 606 g/mol. The number of H-pyrrole nitrogens is 1.